The maximum Gasteiger partial charge on any atom is 0.0781 e. The van der Waals surface area contributed by atoms with Gasteiger partial charge in [-0.25, -0.2) is 0 Å². The average molecular weight is 174 g/mol. The van der Waals surface area contributed by atoms with Crippen molar-refractivity contribution in [3.63, 3.8) is 0 Å². The van der Waals surface area contributed by atoms with Crippen molar-refractivity contribution in [2.75, 3.05) is 6.61 Å². The molecule has 0 aliphatic carbocycles. The molecule has 0 radical (unpaired) electrons. The van der Waals surface area contributed by atoms with E-state index in [2.05, 4.69) is 13.5 Å². The fraction of sp³-hybridized carbons (Fsp3) is 0.800. The molecule has 1 heterocycles. The zero-order chi connectivity index (χ0) is 9.98. The number of aliphatic hydroxyl groups is 1. The Labute approximate surface area is 76.2 Å². The van der Waals surface area contributed by atoms with Crippen molar-refractivity contribution in [3.05, 3.63) is 12.7 Å². The summed E-state index contributed by atoms with van der Waals surface area (Å²) in [5.41, 5.74) is 0. The first-order valence-corrected chi connectivity index (χ1v) is 4.45. The number of epoxide rings is 1. The van der Waals surface area contributed by atoms with Crippen LogP contribution in [0.3, 0.4) is 0 Å². The molecule has 1 rings (SSSR count). The summed E-state index contributed by atoms with van der Waals surface area (Å²) in [6, 6.07) is 0. The zero-order valence-electron chi connectivity index (χ0n) is 8.71. The second-order valence-corrected chi connectivity index (χ2v) is 2.81. The Bertz CT molecular complexity index is 85.8. The molecule has 2 heteroatoms. The highest BCUT2D eigenvalue weighted by Gasteiger charge is 2.13. The Hall–Kier alpha value is -0.340. The van der Waals surface area contributed by atoms with Crippen LogP contribution in [0, 0.1) is 0 Å². The van der Waals surface area contributed by atoms with Crippen molar-refractivity contribution < 1.29 is 9.84 Å². The summed E-state index contributed by atoms with van der Waals surface area (Å²) < 4.78 is 4.71. The van der Waals surface area contributed by atoms with Crippen LogP contribution >= 0.6 is 0 Å². The molecule has 1 saturated heterocycles. The van der Waals surface area contributed by atoms with E-state index in [0.29, 0.717) is 6.10 Å². The van der Waals surface area contributed by atoms with E-state index in [1.165, 1.54) is 0 Å². The minimum absolute atomic E-state index is 0.116. The van der Waals surface area contributed by atoms with Crippen LogP contribution in [-0.2, 0) is 4.74 Å². The number of ether oxygens (including phenoxy) is 1. The van der Waals surface area contributed by atoms with E-state index in [4.69, 9.17) is 9.84 Å². The molecule has 0 aromatic heterocycles. The summed E-state index contributed by atoms with van der Waals surface area (Å²) in [6.07, 6.45) is 3.08. The quantitative estimate of drug-likeness (QED) is 0.489. The maximum atomic E-state index is 8.36. The Morgan fingerprint density at radius 3 is 1.92 bits per heavy atom. The Morgan fingerprint density at radius 2 is 1.92 bits per heavy atom. The van der Waals surface area contributed by atoms with Crippen LogP contribution < -0.4 is 0 Å². The van der Waals surface area contributed by atoms with Gasteiger partial charge in [-0.2, -0.15) is 0 Å². The van der Waals surface area contributed by atoms with Crippen LogP contribution in [0.2, 0.25) is 0 Å². The molecule has 1 N–H and O–H groups in total. The molecule has 74 valence electrons. The van der Waals surface area contributed by atoms with Crippen LogP contribution in [-0.4, -0.2) is 23.9 Å². The van der Waals surface area contributed by atoms with Crippen molar-refractivity contribution in [2.45, 2.75) is 46.3 Å². The van der Waals surface area contributed by atoms with E-state index in [-0.39, 0.29) is 6.10 Å². The number of allylic oxidation sites excluding steroid dienone is 1. The Balaban J connectivity index is 0. The van der Waals surface area contributed by atoms with Gasteiger partial charge in [0.25, 0.3) is 0 Å². The van der Waals surface area contributed by atoms with Crippen molar-refractivity contribution >= 4 is 0 Å². The van der Waals surface area contributed by atoms with E-state index >= 15 is 0 Å². The van der Waals surface area contributed by atoms with Gasteiger partial charge in [0, 0.05) is 0 Å². The third-order valence-corrected chi connectivity index (χ3v) is 1.09. The van der Waals surface area contributed by atoms with Gasteiger partial charge in [0.05, 0.1) is 18.8 Å². The zero-order valence-corrected chi connectivity index (χ0v) is 8.71. The number of rotatable bonds is 1. The number of aliphatic hydroxyl groups excluding tert-OH is 1. The largest absolute Gasteiger partial charge is 0.393 e. The lowest BCUT2D eigenvalue weighted by Crippen LogP contribution is -1.93. The molecule has 0 saturated carbocycles. The van der Waals surface area contributed by atoms with E-state index < -0.39 is 0 Å². The third-order valence-electron chi connectivity index (χ3n) is 1.09. The molecule has 2 nitrogen and oxygen atoms in total. The average Bonchev–Trinajstić information content (AvgIpc) is 2.75. The first-order valence-electron chi connectivity index (χ1n) is 4.45. The molecular formula is C10H22O2. The Kier molecular flexibility index (Phi) is 12.6. The molecule has 0 amide bonds. The minimum Gasteiger partial charge on any atom is -0.393 e. The predicted octanol–water partition coefficient (Wildman–Crippen LogP) is 2.37. The predicted molar refractivity (Wildman–Crippen MR) is 53.3 cm³/mol. The van der Waals surface area contributed by atoms with E-state index in [9.17, 15) is 0 Å². The standard InChI is InChI=1S/C4H10O.C3H6O.C3H6/c1-3-4(2)5;1-3-2-4-3;1-3-2/h4-5H,3H2,1-2H3;3H,2H2,1H3;3H,1H2,2H3. The molecule has 1 aliphatic rings. The Morgan fingerprint density at radius 1 is 1.75 bits per heavy atom. The van der Waals surface area contributed by atoms with Crippen molar-refractivity contribution in [1.82, 2.24) is 0 Å². The summed E-state index contributed by atoms with van der Waals surface area (Å²) >= 11 is 0. The van der Waals surface area contributed by atoms with Crippen molar-refractivity contribution in [1.29, 1.82) is 0 Å². The molecule has 0 aromatic carbocycles. The SMILES string of the molecule is C=CC.CC1CO1.CCC(C)O. The molecule has 0 spiro atoms. The molecule has 2 atom stereocenters. The molecule has 0 bridgehead atoms. The molecule has 12 heavy (non-hydrogen) atoms. The van der Waals surface area contributed by atoms with Crippen molar-refractivity contribution in [2.24, 2.45) is 0 Å². The topological polar surface area (TPSA) is 32.8 Å². The summed E-state index contributed by atoms with van der Waals surface area (Å²) in [5, 5.41) is 8.36. The van der Waals surface area contributed by atoms with Gasteiger partial charge in [0.1, 0.15) is 0 Å². The van der Waals surface area contributed by atoms with Crippen LogP contribution in [0.4, 0.5) is 0 Å². The summed E-state index contributed by atoms with van der Waals surface area (Å²) in [5.74, 6) is 0. The van der Waals surface area contributed by atoms with E-state index in [1.807, 2.05) is 13.8 Å². The lowest BCUT2D eigenvalue weighted by atomic mass is 10.3. The van der Waals surface area contributed by atoms with Gasteiger partial charge in [-0.3, -0.25) is 0 Å². The van der Waals surface area contributed by atoms with Crippen molar-refractivity contribution in [3.8, 4) is 0 Å². The van der Waals surface area contributed by atoms with E-state index in [1.54, 1.807) is 13.0 Å². The monoisotopic (exact) mass is 174 g/mol. The van der Waals surface area contributed by atoms with Gasteiger partial charge >= 0.3 is 0 Å². The summed E-state index contributed by atoms with van der Waals surface area (Å²) in [4.78, 5) is 0. The van der Waals surface area contributed by atoms with Gasteiger partial charge in [-0.05, 0) is 27.2 Å². The summed E-state index contributed by atoms with van der Waals surface area (Å²) in [7, 11) is 0. The van der Waals surface area contributed by atoms with Crippen LogP contribution in [0.15, 0.2) is 12.7 Å². The lowest BCUT2D eigenvalue weighted by Gasteiger charge is -1.90. The molecular weight excluding hydrogens is 152 g/mol. The highest BCUT2D eigenvalue weighted by Crippen LogP contribution is 2.04. The molecule has 2 unspecified atom stereocenters. The van der Waals surface area contributed by atoms with Crippen LogP contribution in [0.1, 0.15) is 34.1 Å². The molecule has 1 aliphatic heterocycles. The maximum absolute atomic E-state index is 8.36. The van der Waals surface area contributed by atoms with Crippen LogP contribution in [0.25, 0.3) is 0 Å². The third kappa shape index (κ3) is 33.4. The molecule has 0 aromatic rings. The van der Waals surface area contributed by atoms with Gasteiger partial charge in [-0.15, -0.1) is 6.58 Å². The van der Waals surface area contributed by atoms with Gasteiger partial charge in [0.2, 0.25) is 0 Å². The first-order chi connectivity index (χ1) is 5.58. The normalized spacial score (nSPS) is 20.6. The lowest BCUT2D eigenvalue weighted by molar-refractivity contribution is 0.191. The highest BCUT2D eigenvalue weighted by molar-refractivity contribution is 4.58. The van der Waals surface area contributed by atoms with Gasteiger partial charge < -0.3 is 9.84 Å². The first kappa shape index (κ1) is 14.2. The summed E-state index contributed by atoms with van der Waals surface area (Å²) in [6.45, 7) is 12.0. The second kappa shape index (κ2) is 10.7. The highest BCUT2D eigenvalue weighted by atomic mass is 16.6. The molecule has 1 fully saturated rings. The number of hydrogen-bond donors (Lipinski definition) is 1. The van der Waals surface area contributed by atoms with E-state index in [0.717, 1.165) is 13.0 Å². The number of hydrogen-bond acceptors (Lipinski definition) is 2. The second-order valence-electron chi connectivity index (χ2n) is 2.81. The van der Waals surface area contributed by atoms with Gasteiger partial charge in [-0.1, -0.05) is 13.0 Å². The van der Waals surface area contributed by atoms with Gasteiger partial charge in [0.15, 0.2) is 0 Å². The minimum atomic E-state index is -0.116. The fourth-order valence-corrected chi connectivity index (χ4v) is 0.0962. The van der Waals surface area contributed by atoms with Crippen LogP contribution in [0.5, 0.6) is 0 Å². The smallest absolute Gasteiger partial charge is 0.0781 e. The fourth-order valence-electron chi connectivity index (χ4n) is 0.0962.